The molecule has 3 aromatic rings. The van der Waals surface area contributed by atoms with Crippen molar-refractivity contribution in [1.82, 2.24) is 20.3 Å². The Bertz CT molecular complexity index is 788. The molecule has 0 radical (unpaired) electrons. The first-order valence-electron chi connectivity index (χ1n) is 6.88. The topological polar surface area (TPSA) is 83.2 Å². The van der Waals surface area contributed by atoms with Gasteiger partial charge in [-0.1, -0.05) is 11.2 Å². The van der Waals surface area contributed by atoms with Gasteiger partial charge in [-0.2, -0.15) is 10.1 Å². The maximum atomic E-state index is 5.36. The molecule has 7 heteroatoms. The van der Waals surface area contributed by atoms with Crippen LogP contribution in [-0.4, -0.2) is 27.1 Å². The summed E-state index contributed by atoms with van der Waals surface area (Å²) in [7, 11) is 0. The molecule has 1 aromatic carbocycles. The number of hydrogen-bond acceptors (Lipinski definition) is 7. The Balaban J connectivity index is 1.45. The lowest BCUT2D eigenvalue weighted by molar-refractivity contribution is 0.174. The first-order valence-corrected chi connectivity index (χ1v) is 6.88. The van der Waals surface area contributed by atoms with Crippen LogP contribution in [0.3, 0.4) is 0 Å². The lowest BCUT2D eigenvalue weighted by atomic mass is 10.1. The standard InChI is InChI=1S/C15H12N4O3/c1-2-11(18-16-7-1)15-17-14(22-19-15)6-4-10-3-5-12-13(8-10)21-9-20-12/h1-3,5,7-8H,4,6,9H2. The highest BCUT2D eigenvalue weighted by Crippen LogP contribution is 2.32. The average molecular weight is 296 g/mol. The van der Waals surface area contributed by atoms with Gasteiger partial charge in [-0.25, -0.2) is 0 Å². The minimum atomic E-state index is 0.282. The van der Waals surface area contributed by atoms with Crippen molar-refractivity contribution in [1.29, 1.82) is 0 Å². The van der Waals surface area contributed by atoms with E-state index in [4.69, 9.17) is 14.0 Å². The van der Waals surface area contributed by atoms with Crippen molar-refractivity contribution in [2.75, 3.05) is 6.79 Å². The van der Waals surface area contributed by atoms with Crippen LogP contribution in [0.25, 0.3) is 11.5 Å². The molecule has 110 valence electrons. The molecule has 1 aliphatic heterocycles. The van der Waals surface area contributed by atoms with Crippen LogP contribution in [0, 0.1) is 0 Å². The maximum Gasteiger partial charge on any atom is 0.231 e. The molecule has 7 nitrogen and oxygen atoms in total. The van der Waals surface area contributed by atoms with Gasteiger partial charge in [-0.05, 0) is 36.2 Å². The van der Waals surface area contributed by atoms with E-state index in [2.05, 4.69) is 20.3 Å². The highest BCUT2D eigenvalue weighted by Gasteiger charge is 2.14. The quantitative estimate of drug-likeness (QED) is 0.728. The lowest BCUT2D eigenvalue weighted by Gasteiger charge is -2.00. The predicted octanol–water partition coefficient (Wildman–Crippen LogP) is 2.04. The number of rotatable bonds is 4. The van der Waals surface area contributed by atoms with Crippen molar-refractivity contribution >= 4 is 0 Å². The Morgan fingerprint density at radius 3 is 2.91 bits per heavy atom. The largest absolute Gasteiger partial charge is 0.454 e. The summed E-state index contributed by atoms with van der Waals surface area (Å²) in [6, 6.07) is 9.47. The Morgan fingerprint density at radius 2 is 2.00 bits per heavy atom. The highest BCUT2D eigenvalue weighted by atomic mass is 16.7. The van der Waals surface area contributed by atoms with E-state index in [0.29, 0.717) is 23.8 Å². The number of aryl methyl sites for hydroxylation is 2. The summed E-state index contributed by atoms with van der Waals surface area (Å²) in [5.41, 5.74) is 1.73. The van der Waals surface area contributed by atoms with Gasteiger partial charge >= 0.3 is 0 Å². The van der Waals surface area contributed by atoms with Crippen molar-refractivity contribution in [2.24, 2.45) is 0 Å². The van der Waals surface area contributed by atoms with Gasteiger partial charge in [0.15, 0.2) is 11.5 Å². The van der Waals surface area contributed by atoms with Gasteiger partial charge < -0.3 is 14.0 Å². The van der Waals surface area contributed by atoms with Crippen LogP contribution in [0.2, 0.25) is 0 Å². The summed E-state index contributed by atoms with van der Waals surface area (Å²) in [4.78, 5) is 4.33. The fourth-order valence-corrected chi connectivity index (χ4v) is 2.23. The van der Waals surface area contributed by atoms with Gasteiger partial charge in [0.25, 0.3) is 0 Å². The fraction of sp³-hybridized carbons (Fsp3) is 0.200. The van der Waals surface area contributed by atoms with E-state index >= 15 is 0 Å². The third-order valence-corrected chi connectivity index (χ3v) is 3.33. The van der Waals surface area contributed by atoms with Crippen LogP contribution in [0.15, 0.2) is 41.1 Å². The number of aromatic nitrogens is 4. The zero-order valence-electron chi connectivity index (χ0n) is 11.6. The molecular formula is C15H12N4O3. The van der Waals surface area contributed by atoms with Crippen LogP contribution in [0.5, 0.6) is 11.5 Å². The molecule has 0 unspecified atom stereocenters. The minimum Gasteiger partial charge on any atom is -0.454 e. The molecule has 1 aliphatic rings. The van der Waals surface area contributed by atoms with Gasteiger partial charge in [0.2, 0.25) is 18.5 Å². The average Bonchev–Trinajstić information content (AvgIpc) is 3.22. The zero-order chi connectivity index (χ0) is 14.8. The van der Waals surface area contributed by atoms with E-state index < -0.39 is 0 Å². The number of benzene rings is 1. The summed E-state index contributed by atoms with van der Waals surface area (Å²) in [6.07, 6.45) is 3.02. The second-order valence-electron chi connectivity index (χ2n) is 4.81. The summed E-state index contributed by atoms with van der Waals surface area (Å²) in [5, 5.41) is 11.7. The first-order chi connectivity index (χ1) is 10.9. The lowest BCUT2D eigenvalue weighted by Crippen LogP contribution is -1.93. The van der Waals surface area contributed by atoms with E-state index in [1.54, 1.807) is 18.3 Å². The van der Waals surface area contributed by atoms with Crippen molar-refractivity contribution in [3.63, 3.8) is 0 Å². The van der Waals surface area contributed by atoms with Crippen molar-refractivity contribution in [3.05, 3.63) is 48.0 Å². The van der Waals surface area contributed by atoms with E-state index in [1.165, 1.54) is 0 Å². The molecule has 3 heterocycles. The van der Waals surface area contributed by atoms with Crippen molar-refractivity contribution in [2.45, 2.75) is 12.8 Å². The molecule has 0 saturated carbocycles. The van der Waals surface area contributed by atoms with Gasteiger partial charge in [-0.15, -0.1) is 5.10 Å². The molecule has 4 rings (SSSR count). The second-order valence-corrected chi connectivity index (χ2v) is 4.81. The van der Waals surface area contributed by atoms with Crippen molar-refractivity contribution in [3.8, 4) is 23.0 Å². The maximum absolute atomic E-state index is 5.36. The van der Waals surface area contributed by atoms with Crippen LogP contribution in [0.4, 0.5) is 0 Å². The molecule has 22 heavy (non-hydrogen) atoms. The molecule has 0 aliphatic carbocycles. The smallest absolute Gasteiger partial charge is 0.231 e. The van der Waals surface area contributed by atoms with Gasteiger partial charge in [0.1, 0.15) is 5.69 Å². The van der Waals surface area contributed by atoms with Crippen LogP contribution in [-0.2, 0) is 12.8 Å². The molecule has 0 bridgehead atoms. The molecule has 0 atom stereocenters. The van der Waals surface area contributed by atoms with Gasteiger partial charge in [-0.3, -0.25) is 0 Å². The molecule has 0 amide bonds. The van der Waals surface area contributed by atoms with E-state index in [-0.39, 0.29) is 6.79 Å². The normalized spacial score (nSPS) is 12.5. The van der Waals surface area contributed by atoms with E-state index in [9.17, 15) is 0 Å². The molecule has 2 aromatic heterocycles. The van der Waals surface area contributed by atoms with Crippen LogP contribution in [0.1, 0.15) is 11.5 Å². The molecule has 0 fully saturated rings. The third kappa shape index (κ3) is 2.48. The summed E-state index contributed by atoms with van der Waals surface area (Å²) < 4.78 is 15.9. The van der Waals surface area contributed by atoms with Gasteiger partial charge in [0.05, 0.1) is 0 Å². The number of fused-ring (bicyclic) bond motifs is 1. The Hall–Kier alpha value is -2.96. The predicted molar refractivity (Wildman–Crippen MR) is 75.3 cm³/mol. The summed E-state index contributed by atoms with van der Waals surface area (Å²) >= 11 is 0. The second kappa shape index (κ2) is 5.44. The number of hydrogen-bond donors (Lipinski definition) is 0. The van der Waals surface area contributed by atoms with Crippen molar-refractivity contribution < 1.29 is 14.0 Å². The van der Waals surface area contributed by atoms with Crippen LogP contribution >= 0.6 is 0 Å². The highest BCUT2D eigenvalue weighted by molar-refractivity contribution is 5.46. The fourth-order valence-electron chi connectivity index (χ4n) is 2.23. The van der Waals surface area contributed by atoms with Crippen LogP contribution < -0.4 is 9.47 Å². The zero-order valence-corrected chi connectivity index (χ0v) is 11.6. The SMILES string of the molecule is c1cnnc(-c2noc(CCc3ccc4c(c3)OCO4)n2)c1. The number of ether oxygens (including phenoxy) is 2. The molecule has 0 spiro atoms. The Morgan fingerprint density at radius 1 is 1.05 bits per heavy atom. The number of nitrogens with zero attached hydrogens (tertiary/aromatic N) is 4. The molecular weight excluding hydrogens is 284 g/mol. The summed E-state index contributed by atoms with van der Waals surface area (Å²) in [6.45, 7) is 0.282. The minimum absolute atomic E-state index is 0.282. The van der Waals surface area contributed by atoms with Gasteiger partial charge in [0, 0.05) is 12.6 Å². The first kappa shape index (κ1) is 12.8. The van der Waals surface area contributed by atoms with E-state index in [1.807, 2.05) is 18.2 Å². The Labute approximate surface area is 125 Å². The Kier molecular flexibility index (Phi) is 3.15. The monoisotopic (exact) mass is 296 g/mol. The molecule has 0 N–H and O–H groups in total. The third-order valence-electron chi connectivity index (χ3n) is 3.33. The summed E-state index contributed by atoms with van der Waals surface area (Å²) in [5.74, 6) is 2.59. The van der Waals surface area contributed by atoms with E-state index in [0.717, 1.165) is 23.5 Å². The molecule has 0 saturated heterocycles.